The third kappa shape index (κ3) is 3.95. The quantitative estimate of drug-likeness (QED) is 0.561. The molecule has 3 aromatic rings. The van der Waals surface area contributed by atoms with Gasteiger partial charge in [0, 0.05) is 29.0 Å². The van der Waals surface area contributed by atoms with Gasteiger partial charge >= 0.3 is 0 Å². The second-order valence-electron chi connectivity index (χ2n) is 8.77. The molecule has 3 heterocycles. The highest BCUT2D eigenvalue weighted by Gasteiger charge is 2.28. The molecule has 6 nitrogen and oxygen atoms in total. The van der Waals surface area contributed by atoms with E-state index in [1.807, 2.05) is 32.0 Å². The number of aryl methyl sites for hydroxylation is 3. The first-order valence-corrected chi connectivity index (χ1v) is 12.2. The van der Waals surface area contributed by atoms with E-state index in [4.69, 9.17) is 9.15 Å². The molecule has 1 aliphatic heterocycles. The molecule has 5 rings (SSSR count). The molecule has 1 aliphatic carbocycles. The van der Waals surface area contributed by atoms with Gasteiger partial charge in [0.2, 0.25) is 0 Å². The molecule has 1 atom stereocenters. The number of anilines is 1. The van der Waals surface area contributed by atoms with Crippen LogP contribution in [-0.4, -0.2) is 31.1 Å². The first-order chi connectivity index (χ1) is 15.5. The zero-order valence-electron chi connectivity index (χ0n) is 18.5. The Balaban J connectivity index is 1.42. The molecule has 0 unspecified atom stereocenters. The molecule has 2 amide bonds. The number of nitrogens with one attached hydrogen (secondary N) is 2. The fourth-order valence-corrected chi connectivity index (χ4v) is 5.99. The van der Waals surface area contributed by atoms with Gasteiger partial charge in [-0.1, -0.05) is 12.1 Å². The van der Waals surface area contributed by atoms with Gasteiger partial charge in [-0.3, -0.25) is 9.59 Å². The number of furan rings is 1. The molecule has 7 heteroatoms. The lowest BCUT2D eigenvalue weighted by molar-refractivity contribution is 0.0858. The SMILES string of the molecule is Cc1ccc2c(C)c(C(=O)Nc3sc4c(c3C(=O)NC[C@H]3CCCO3)CCCC4)oc2c1. The third-order valence-corrected chi connectivity index (χ3v) is 7.65. The molecule has 0 spiro atoms. The zero-order chi connectivity index (χ0) is 22.2. The monoisotopic (exact) mass is 452 g/mol. The van der Waals surface area contributed by atoms with Crippen LogP contribution in [0.2, 0.25) is 0 Å². The summed E-state index contributed by atoms with van der Waals surface area (Å²) in [5.41, 5.74) is 4.28. The fraction of sp³-hybridized carbons (Fsp3) is 0.440. The Labute approximate surface area is 191 Å². The molecule has 0 saturated carbocycles. The summed E-state index contributed by atoms with van der Waals surface area (Å²) in [6.45, 7) is 5.14. The van der Waals surface area contributed by atoms with E-state index in [9.17, 15) is 9.59 Å². The molecule has 0 radical (unpaired) electrons. The lowest BCUT2D eigenvalue weighted by Crippen LogP contribution is -2.32. The summed E-state index contributed by atoms with van der Waals surface area (Å²) in [5.74, 6) is -0.155. The number of ether oxygens (including phenoxy) is 1. The molecule has 1 saturated heterocycles. The second kappa shape index (κ2) is 8.71. The lowest BCUT2D eigenvalue weighted by Gasteiger charge is -2.15. The number of carbonyl (C=O) groups excluding carboxylic acids is 2. The van der Waals surface area contributed by atoms with Crippen molar-refractivity contribution in [2.75, 3.05) is 18.5 Å². The van der Waals surface area contributed by atoms with Crippen molar-refractivity contribution in [3.63, 3.8) is 0 Å². The summed E-state index contributed by atoms with van der Waals surface area (Å²) in [4.78, 5) is 27.6. The van der Waals surface area contributed by atoms with E-state index >= 15 is 0 Å². The van der Waals surface area contributed by atoms with Crippen LogP contribution in [0, 0.1) is 13.8 Å². The standard InChI is InChI=1S/C25H28N2O4S/c1-14-9-10-17-15(2)22(31-19(17)12-14)24(29)27-25-21(18-7-3-4-8-20(18)32-25)23(28)26-13-16-6-5-11-30-16/h9-10,12,16H,3-8,11,13H2,1-2H3,(H,26,28)(H,27,29)/t16-/m1/s1. The molecular formula is C25H28N2O4S. The van der Waals surface area contributed by atoms with E-state index in [0.717, 1.165) is 67.2 Å². The van der Waals surface area contributed by atoms with E-state index in [-0.39, 0.29) is 17.9 Å². The van der Waals surface area contributed by atoms with Crippen LogP contribution >= 0.6 is 11.3 Å². The molecule has 2 N–H and O–H groups in total. The van der Waals surface area contributed by atoms with Gasteiger partial charge in [0.15, 0.2) is 5.76 Å². The van der Waals surface area contributed by atoms with E-state index in [2.05, 4.69) is 10.6 Å². The van der Waals surface area contributed by atoms with Crippen LogP contribution < -0.4 is 10.6 Å². The number of hydrogen-bond donors (Lipinski definition) is 2. The highest BCUT2D eigenvalue weighted by molar-refractivity contribution is 7.17. The average molecular weight is 453 g/mol. The number of thiophene rings is 1. The van der Waals surface area contributed by atoms with Gasteiger partial charge in [-0.15, -0.1) is 11.3 Å². The maximum atomic E-state index is 13.2. The van der Waals surface area contributed by atoms with Crippen molar-refractivity contribution < 1.29 is 18.7 Å². The number of benzene rings is 1. The predicted octanol–water partition coefficient (Wildman–Crippen LogP) is 5.15. The number of amides is 2. The Bertz CT molecular complexity index is 1190. The molecule has 2 aliphatic rings. The van der Waals surface area contributed by atoms with Crippen LogP contribution in [0.15, 0.2) is 22.6 Å². The minimum Gasteiger partial charge on any atom is -0.451 e. The van der Waals surface area contributed by atoms with Crippen LogP contribution in [0.4, 0.5) is 5.00 Å². The van der Waals surface area contributed by atoms with Crippen molar-refractivity contribution in [3.05, 3.63) is 51.1 Å². The first-order valence-electron chi connectivity index (χ1n) is 11.4. The minimum absolute atomic E-state index is 0.0770. The van der Waals surface area contributed by atoms with Gasteiger partial charge in [0.05, 0.1) is 11.7 Å². The van der Waals surface area contributed by atoms with E-state index < -0.39 is 0 Å². The highest BCUT2D eigenvalue weighted by Crippen LogP contribution is 2.39. The molecule has 0 bridgehead atoms. The Morgan fingerprint density at radius 3 is 2.78 bits per heavy atom. The largest absolute Gasteiger partial charge is 0.451 e. The lowest BCUT2D eigenvalue weighted by atomic mass is 9.95. The summed E-state index contributed by atoms with van der Waals surface area (Å²) in [5, 5.41) is 7.59. The van der Waals surface area contributed by atoms with Gasteiger partial charge < -0.3 is 19.8 Å². The van der Waals surface area contributed by atoms with Crippen molar-refractivity contribution in [3.8, 4) is 0 Å². The smallest absolute Gasteiger partial charge is 0.292 e. The van der Waals surface area contributed by atoms with Crippen molar-refractivity contribution in [1.82, 2.24) is 5.32 Å². The topological polar surface area (TPSA) is 80.6 Å². The zero-order valence-corrected chi connectivity index (χ0v) is 19.3. The summed E-state index contributed by atoms with van der Waals surface area (Å²) < 4.78 is 11.5. The van der Waals surface area contributed by atoms with Crippen molar-refractivity contribution >= 4 is 39.1 Å². The van der Waals surface area contributed by atoms with Gasteiger partial charge in [-0.2, -0.15) is 0 Å². The highest BCUT2D eigenvalue weighted by atomic mass is 32.1. The first kappa shape index (κ1) is 21.2. The average Bonchev–Trinajstić information content (AvgIpc) is 3.49. The summed E-state index contributed by atoms with van der Waals surface area (Å²) >= 11 is 1.52. The number of fused-ring (bicyclic) bond motifs is 2. The Morgan fingerprint density at radius 1 is 1.12 bits per heavy atom. The van der Waals surface area contributed by atoms with Crippen molar-refractivity contribution in [1.29, 1.82) is 0 Å². The molecular weight excluding hydrogens is 424 g/mol. The van der Waals surface area contributed by atoms with E-state index in [1.54, 1.807) is 0 Å². The fourth-order valence-electron chi connectivity index (χ4n) is 4.70. The number of rotatable bonds is 5. The molecule has 1 aromatic carbocycles. The Hall–Kier alpha value is -2.64. The Morgan fingerprint density at radius 2 is 1.97 bits per heavy atom. The van der Waals surface area contributed by atoms with E-state index in [0.29, 0.717) is 28.5 Å². The maximum absolute atomic E-state index is 13.2. The van der Waals surface area contributed by atoms with Crippen LogP contribution in [0.5, 0.6) is 0 Å². The van der Waals surface area contributed by atoms with Crippen molar-refractivity contribution in [2.24, 2.45) is 0 Å². The third-order valence-electron chi connectivity index (χ3n) is 6.44. The van der Waals surface area contributed by atoms with Crippen LogP contribution in [0.3, 0.4) is 0 Å². The van der Waals surface area contributed by atoms with Gasteiger partial charge in [-0.25, -0.2) is 0 Å². The van der Waals surface area contributed by atoms with Gasteiger partial charge in [0.25, 0.3) is 11.8 Å². The summed E-state index contributed by atoms with van der Waals surface area (Å²) in [6, 6.07) is 5.93. The van der Waals surface area contributed by atoms with Gasteiger partial charge in [0.1, 0.15) is 10.6 Å². The predicted molar refractivity (Wildman–Crippen MR) is 126 cm³/mol. The van der Waals surface area contributed by atoms with Crippen LogP contribution in [0.1, 0.15) is 68.2 Å². The van der Waals surface area contributed by atoms with E-state index in [1.165, 1.54) is 16.2 Å². The second-order valence-corrected chi connectivity index (χ2v) is 9.88. The Kier molecular flexibility index (Phi) is 5.78. The van der Waals surface area contributed by atoms with Gasteiger partial charge in [-0.05, 0) is 69.6 Å². The number of carbonyl (C=O) groups is 2. The summed E-state index contributed by atoms with van der Waals surface area (Å²) in [6.07, 6.45) is 6.07. The maximum Gasteiger partial charge on any atom is 0.292 e. The molecule has 32 heavy (non-hydrogen) atoms. The number of hydrogen-bond acceptors (Lipinski definition) is 5. The minimum atomic E-state index is -0.317. The van der Waals surface area contributed by atoms with Crippen LogP contribution in [-0.2, 0) is 17.6 Å². The van der Waals surface area contributed by atoms with Crippen molar-refractivity contribution in [2.45, 2.75) is 58.5 Å². The molecule has 2 aromatic heterocycles. The summed E-state index contributed by atoms with van der Waals surface area (Å²) in [7, 11) is 0. The molecule has 168 valence electrons. The molecule has 1 fully saturated rings. The normalized spacial score (nSPS) is 18.0. The van der Waals surface area contributed by atoms with Crippen LogP contribution in [0.25, 0.3) is 11.0 Å².